The summed E-state index contributed by atoms with van der Waals surface area (Å²) >= 11 is 0. The molecule has 3 amide bonds. The number of carboxylic acids is 1. The molecule has 0 spiro atoms. The fraction of sp³-hybridized carbons (Fsp3) is 0.565. The smallest absolute Gasteiger partial charge is 0.326 e. The molecule has 1 aromatic carbocycles. The van der Waals surface area contributed by atoms with Crippen LogP contribution >= 0.6 is 0 Å². The number of aliphatic hydroxyl groups is 2. The first-order valence-corrected chi connectivity index (χ1v) is 11.5. The largest absolute Gasteiger partial charge is 0.480 e. The van der Waals surface area contributed by atoms with Gasteiger partial charge in [0.05, 0.1) is 18.2 Å². The molecule has 196 valence electrons. The Bertz CT molecular complexity index is 835. The molecule has 1 rings (SSSR count). The molecule has 0 aliphatic rings. The van der Waals surface area contributed by atoms with E-state index in [1.54, 1.807) is 30.3 Å². The minimum Gasteiger partial charge on any atom is -0.480 e. The van der Waals surface area contributed by atoms with E-state index < -0.39 is 60.1 Å². The second-order valence-corrected chi connectivity index (χ2v) is 8.43. The van der Waals surface area contributed by atoms with Crippen LogP contribution in [0.3, 0.4) is 0 Å². The summed E-state index contributed by atoms with van der Waals surface area (Å²) in [6.07, 6.45) is -1.17. The summed E-state index contributed by atoms with van der Waals surface area (Å²) < 4.78 is 0. The predicted molar refractivity (Wildman–Crippen MR) is 128 cm³/mol. The van der Waals surface area contributed by atoms with Crippen LogP contribution in [-0.4, -0.2) is 81.9 Å². The van der Waals surface area contributed by atoms with E-state index in [1.807, 2.05) is 0 Å². The maximum atomic E-state index is 12.8. The SMILES string of the molecule is CC(O)C(NC(=O)C(N)CCCCN)C(=O)NC(C(=O)NC(Cc1ccccc1)C(=O)O)C(C)O. The maximum absolute atomic E-state index is 12.8. The molecule has 0 aliphatic heterocycles. The van der Waals surface area contributed by atoms with Gasteiger partial charge in [-0.1, -0.05) is 36.8 Å². The molecule has 0 aromatic heterocycles. The third-order valence-corrected chi connectivity index (χ3v) is 5.33. The Morgan fingerprint density at radius 3 is 1.86 bits per heavy atom. The summed E-state index contributed by atoms with van der Waals surface area (Å²) in [5.74, 6) is -3.85. The van der Waals surface area contributed by atoms with E-state index in [9.17, 15) is 34.5 Å². The Hall–Kier alpha value is -3.06. The molecule has 10 N–H and O–H groups in total. The van der Waals surface area contributed by atoms with E-state index in [0.717, 1.165) is 0 Å². The number of aliphatic hydroxyl groups excluding tert-OH is 2. The van der Waals surface area contributed by atoms with Crippen LogP contribution in [0.25, 0.3) is 0 Å². The highest BCUT2D eigenvalue weighted by Crippen LogP contribution is 2.06. The van der Waals surface area contributed by atoms with E-state index in [1.165, 1.54) is 13.8 Å². The molecule has 0 saturated heterocycles. The Morgan fingerprint density at radius 1 is 0.857 bits per heavy atom. The van der Waals surface area contributed by atoms with Crippen molar-refractivity contribution in [3.8, 4) is 0 Å². The average molecular weight is 496 g/mol. The number of carbonyl (C=O) groups is 4. The molecule has 0 heterocycles. The molecule has 0 fully saturated rings. The molecule has 0 saturated carbocycles. The third-order valence-electron chi connectivity index (χ3n) is 5.33. The van der Waals surface area contributed by atoms with Gasteiger partial charge in [-0.15, -0.1) is 0 Å². The lowest BCUT2D eigenvalue weighted by Gasteiger charge is -2.27. The van der Waals surface area contributed by atoms with Gasteiger partial charge >= 0.3 is 5.97 Å². The molecule has 6 atom stereocenters. The highest BCUT2D eigenvalue weighted by atomic mass is 16.4. The van der Waals surface area contributed by atoms with Crippen molar-refractivity contribution >= 4 is 23.7 Å². The molecule has 0 radical (unpaired) electrons. The molecule has 0 aliphatic carbocycles. The van der Waals surface area contributed by atoms with Gasteiger partial charge in [-0.3, -0.25) is 14.4 Å². The summed E-state index contributed by atoms with van der Waals surface area (Å²) in [7, 11) is 0. The average Bonchev–Trinajstić information content (AvgIpc) is 2.80. The van der Waals surface area contributed by atoms with Gasteiger partial charge in [-0.05, 0) is 38.8 Å². The normalized spacial score (nSPS) is 16.2. The van der Waals surface area contributed by atoms with Crippen molar-refractivity contribution in [1.82, 2.24) is 16.0 Å². The monoisotopic (exact) mass is 495 g/mol. The molecule has 35 heavy (non-hydrogen) atoms. The third kappa shape index (κ3) is 10.4. The zero-order chi connectivity index (χ0) is 26.5. The molecule has 12 nitrogen and oxygen atoms in total. The first-order chi connectivity index (χ1) is 16.5. The first kappa shape index (κ1) is 30.0. The summed E-state index contributed by atoms with van der Waals surface area (Å²) in [4.78, 5) is 49.6. The number of nitrogens with one attached hydrogen (secondary N) is 3. The fourth-order valence-corrected chi connectivity index (χ4v) is 3.26. The van der Waals surface area contributed by atoms with E-state index in [2.05, 4.69) is 16.0 Å². The number of benzene rings is 1. The van der Waals surface area contributed by atoms with Crippen molar-refractivity contribution in [2.45, 2.75) is 75.9 Å². The van der Waals surface area contributed by atoms with Crippen molar-refractivity contribution in [2.75, 3.05) is 6.54 Å². The number of rotatable bonds is 15. The predicted octanol–water partition coefficient (Wildman–Crippen LogP) is -2.01. The summed E-state index contributed by atoms with van der Waals surface area (Å²) in [5, 5.41) is 36.6. The second-order valence-electron chi connectivity index (χ2n) is 8.43. The standard InChI is InChI=1S/C23H37N5O7/c1-13(29)18(21(32)26-17(23(34)35)12-15-8-4-3-5-9-15)28-22(33)19(14(2)30)27-20(31)16(25)10-6-7-11-24/h3-5,8-9,13-14,16-19,29-30H,6-7,10-12,24-25H2,1-2H3,(H,26,32)(H,27,31)(H,28,33)(H,34,35). The number of hydrogen-bond donors (Lipinski definition) is 8. The number of nitrogens with two attached hydrogens (primary N) is 2. The molecular weight excluding hydrogens is 458 g/mol. The van der Waals surface area contributed by atoms with Gasteiger partial charge in [0.25, 0.3) is 0 Å². The summed E-state index contributed by atoms with van der Waals surface area (Å²) in [6.45, 7) is 2.95. The van der Waals surface area contributed by atoms with Crippen LogP contribution in [-0.2, 0) is 25.6 Å². The van der Waals surface area contributed by atoms with Gasteiger partial charge in [0.1, 0.15) is 18.1 Å². The van der Waals surface area contributed by atoms with Crippen LogP contribution in [0.15, 0.2) is 30.3 Å². The lowest BCUT2D eigenvalue weighted by atomic mass is 10.0. The Labute approximate surface area is 204 Å². The van der Waals surface area contributed by atoms with Crippen LogP contribution in [0.1, 0.15) is 38.7 Å². The zero-order valence-corrected chi connectivity index (χ0v) is 20.0. The fourth-order valence-electron chi connectivity index (χ4n) is 3.26. The van der Waals surface area contributed by atoms with Crippen molar-refractivity contribution in [3.05, 3.63) is 35.9 Å². The number of carboxylic acid groups (broad SMARTS) is 1. The summed E-state index contributed by atoms with van der Waals surface area (Å²) in [6, 6.07) is 3.36. The number of hydrogen-bond acceptors (Lipinski definition) is 8. The highest BCUT2D eigenvalue weighted by molar-refractivity contribution is 5.94. The number of aliphatic carboxylic acids is 1. The zero-order valence-electron chi connectivity index (χ0n) is 20.0. The van der Waals surface area contributed by atoms with Gasteiger partial charge in [-0.25, -0.2) is 4.79 Å². The molecular formula is C23H37N5O7. The van der Waals surface area contributed by atoms with Gasteiger partial charge in [-0.2, -0.15) is 0 Å². The second kappa shape index (κ2) is 15.0. The molecule has 6 unspecified atom stereocenters. The molecule has 12 heteroatoms. The van der Waals surface area contributed by atoms with Crippen LogP contribution in [0.2, 0.25) is 0 Å². The summed E-state index contributed by atoms with van der Waals surface area (Å²) in [5.41, 5.74) is 11.9. The Balaban J connectivity index is 2.87. The highest BCUT2D eigenvalue weighted by Gasteiger charge is 2.34. The maximum Gasteiger partial charge on any atom is 0.326 e. The van der Waals surface area contributed by atoms with Crippen molar-refractivity contribution in [1.29, 1.82) is 0 Å². The van der Waals surface area contributed by atoms with Gasteiger partial charge in [0.15, 0.2) is 0 Å². The Kier molecular flexibility index (Phi) is 12.9. The molecule has 1 aromatic rings. The van der Waals surface area contributed by atoms with E-state index in [4.69, 9.17) is 11.5 Å². The van der Waals surface area contributed by atoms with E-state index in [-0.39, 0.29) is 6.42 Å². The number of unbranched alkanes of at least 4 members (excludes halogenated alkanes) is 1. The van der Waals surface area contributed by atoms with E-state index in [0.29, 0.717) is 31.4 Å². The van der Waals surface area contributed by atoms with Gasteiger partial charge in [0, 0.05) is 6.42 Å². The lowest BCUT2D eigenvalue weighted by Crippen LogP contribution is -2.62. The van der Waals surface area contributed by atoms with Crippen molar-refractivity contribution in [2.24, 2.45) is 11.5 Å². The number of carbonyl (C=O) groups excluding carboxylic acids is 3. The number of amides is 3. The first-order valence-electron chi connectivity index (χ1n) is 11.5. The Morgan fingerprint density at radius 2 is 1.37 bits per heavy atom. The molecule has 0 bridgehead atoms. The van der Waals surface area contributed by atoms with Crippen LogP contribution in [0.5, 0.6) is 0 Å². The van der Waals surface area contributed by atoms with Gasteiger partial charge < -0.3 is 42.7 Å². The minimum atomic E-state index is -1.54. The van der Waals surface area contributed by atoms with Gasteiger partial charge in [0.2, 0.25) is 17.7 Å². The van der Waals surface area contributed by atoms with Crippen molar-refractivity contribution in [3.63, 3.8) is 0 Å². The van der Waals surface area contributed by atoms with E-state index >= 15 is 0 Å². The van der Waals surface area contributed by atoms with Crippen LogP contribution in [0, 0.1) is 0 Å². The minimum absolute atomic E-state index is 0.0171. The lowest BCUT2D eigenvalue weighted by molar-refractivity contribution is -0.143. The van der Waals surface area contributed by atoms with Crippen LogP contribution in [0.4, 0.5) is 0 Å². The van der Waals surface area contributed by atoms with Crippen molar-refractivity contribution < 1.29 is 34.5 Å². The van der Waals surface area contributed by atoms with Crippen LogP contribution < -0.4 is 27.4 Å². The quantitative estimate of drug-likeness (QED) is 0.126. The topological polar surface area (TPSA) is 217 Å².